The Morgan fingerprint density at radius 2 is 2.07 bits per heavy atom. The number of para-hydroxylation sites is 1. The summed E-state index contributed by atoms with van der Waals surface area (Å²) in [6.07, 6.45) is 6.00. The fourth-order valence-electron chi connectivity index (χ4n) is 3.11. The zero-order chi connectivity index (χ0) is 18.6. The molecule has 1 atom stereocenters. The summed E-state index contributed by atoms with van der Waals surface area (Å²) in [5, 5.41) is 7.45. The van der Waals surface area contributed by atoms with E-state index in [4.69, 9.17) is 4.74 Å². The molecule has 3 heterocycles. The summed E-state index contributed by atoms with van der Waals surface area (Å²) in [6, 6.07) is 13.4. The topological polar surface area (TPSA) is 72.3 Å². The van der Waals surface area contributed by atoms with E-state index < -0.39 is 0 Å². The van der Waals surface area contributed by atoms with Crippen LogP contribution in [0.15, 0.2) is 61.1 Å². The number of anilines is 1. The van der Waals surface area contributed by atoms with Crippen LogP contribution in [0.2, 0.25) is 0 Å². The maximum absolute atomic E-state index is 12.6. The second-order valence-corrected chi connectivity index (χ2v) is 6.50. The van der Waals surface area contributed by atoms with Crippen LogP contribution in [0.4, 0.5) is 10.5 Å². The Morgan fingerprint density at radius 1 is 1.22 bits per heavy atom. The Hall–Kier alpha value is -3.35. The Kier molecular flexibility index (Phi) is 4.74. The normalized spacial score (nSPS) is 16.3. The van der Waals surface area contributed by atoms with Gasteiger partial charge in [0.2, 0.25) is 0 Å². The maximum Gasteiger partial charge on any atom is 0.322 e. The molecule has 1 N–H and O–H groups in total. The average Bonchev–Trinajstić information content (AvgIpc) is 3.30. The fraction of sp³-hybridized carbons (Fsp3) is 0.250. The van der Waals surface area contributed by atoms with Gasteiger partial charge in [0.1, 0.15) is 11.9 Å². The molecular weight excluding hydrogens is 342 g/mol. The van der Waals surface area contributed by atoms with Crippen molar-refractivity contribution in [1.29, 1.82) is 0 Å². The number of carbonyl (C=O) groups is 1. The molecule has 1 saturated heterocycles. The molecule has 0 spiro atoms. The summed E-state index contributed by atoms with van der Waals surface area (Å²) in [5.41, 5.74) is 2.43. The van der Waals surface area contributed by atoms with E-state index in [0.29, 0.717) is 18.8 Å². The number of aryl methyl sites for hydroxylation is 1. The first kappa shape index (κ1) is 17.1. The highest BCUT2D eigenvalue weighted by Crippen LogP contribution is 2.20. The van der Waals surface area contributed by atoms with Crippen LogP contribution in [0.25, 0.3) is 5.69 Å². The van der Waals surface area contributed by atoms with E-state index in [0.717, 1.165) is 23.6 Å². The van der Waals surface area contributed by atoms with E-state index in [1.807, 2.05) is 55.6 Å². The van der Waals surface area contributed by atoms with Crippen molar-refractivity contribution in [1.82, 2.24) is 19.7 Å². The molecule has 138 valence electrons. The monoisotopic (exact) mass is 363 g/mol. The summed E-state index contributed by atoms with van der Waals surface area (Å²) in [6.45, 7) is 3.09. The highest BCUT2D eigenvalue weighted by molar-refractivity contribution is 5.90. The largest absolute Gasteiger partial charge is 0.487 e. The van der Waals surface area contributed by atoms with E-state index in [-0.39, 0.29) is 12.1 Å². The van der Waals surface area contributed by atoms with Gasteiger partial charge in [0.15, 0.2) is 0 Å². The molecule has 1 unspecified atom stereocenters. The first-order valence-electron chi connectivity index (χ1n) is 8.93. The first-order valence-corrected chi connectivity index (χ1v) is 8.93. The van der Waals surface area contributed by atoms with Crippen LogP contribution in [0.5, 0.6) is 5.75 Å². The second kappa shape index (κ2) is 7.49. The molecule has 1 aliphatic rings. The van der Waals surface area contributed by atoms with E-state index in [1.165, 1.54) is 0 Å². The van der Waals surface area contributed by atoms with Crippen molar-refractivity contribution in [3.05, 3.63) is 66.7 Å². The highest BCUT2D eigenvalue weighted by atomic mass is 16.5. The molecule has 7 nitrogen and oxygen atoms in total. The molecule has 0 saturated carbocycles. The van der Waals surface area contributed by atoms with Crippen molar-refractivity contribution in [3.8, 4) is 11.4 Å². The molecule has 1 aromatic carbocycles. The molecule has 7 heteroatoms. The van der Waals surface area contributed by atoms with Crippen molar-refractivity contribution < 1.29 is 9.53 Å². The summed E-state index contributed by atoms with van der Waals surface area (Å²) < 4.78 is 7.66. The van der Waals surface area contributed by atoms with Gasteiger partial charge in [0, 0.05) is 19.2 Å². The number of rotatable bonds is 4. The summed E-state index contributed by atoms with van der Waals surface area (Å²) in [4.78, 5) is 18.4. The lowest BCUT2D eigenvalue weighted by atomic mass is 10.3. The Morgan fingerprint density at radius 3 is 2.85 bits per heavy atom. The van der Waals surface area contributed by atoms with Crippen molar-refractivity contribution in [2.45, 2.75) is 19.4 Å². The fourth-order valence-corrected chi connectivity index (χ4v) is 3.11. The second-order valence-electron chi connectivity index (χ2n) is 6.50. The lowest BCUT2D eigenvalue weighted by Gasteiger charge is -2.17. The van der Waals surface area contributed by atoms with Crippen molar-refractivity contribution >= 4 is 11.7 Å². The van der Waals surface area contributed by atoms with E-state index in [1.54, 1.807) is 22.0 Å². The number of likely N-dealkylation sites (tertiary alicyclic amines) is 1. The van der Waals surface area contributed by atoms with Gasteiger partial charge in [0.05, 0.1) is 36.0 Å². The van der Waals surface area contributed by atoms with Crippen molar-refractivity contribution in [2.75, 3.05) is 18.4 Å². The summed E-state index contributed by atoms with van der Waals surface area (Å²) >= 11 is 0. The molecule has 2 amide bonds. The molecular formula is C20H21N5O2. The lowest BCUT2D eigenvalue weighted by Crippen LogP contribution is -2.34. The van der Waals surface area contributed by atoms with Gasteiger partial charge in [-0.3, -0.25) is 4.98 Å². The first-order chi connectivity index (χ1) is 13.2. The van der Waals surface area contributed by atoms with Gasteiger partial charge in [0.25, 0.3) is 0 Å². The minimum Gasteiger partial charge on any atom is -0.487 e. The summed E-state index contributed by atoms with van der Waals surface area (Å²) in [7, 11) is 0. The quantitative estimate of drug-likeness (QED) is 0.772. The van der Waals surface area contributed by atoms with Crippen LogP contribution in [0.1, 0.15) is 12.1 Å². The van der Waals surface area contributed by atoms with E-state index >= 15 is 0 Å². The zero-order valence-corrected chi connectivity index (χ0v) is 15.1. The van der Waals surface area contributed by atoms with Crippen LogP contribution < -0.4 is 10.1 Å². The predicted molar refractivity (Wildman–Crippen MR) is 102 cm³/mol. The number of aromatic nitrogens is 3. The number of hydrogen-bond acceptors (Lipinski definition) is 4. The number of nitrogens with one attached hydrogen (secondary N) is 1. The highest BCUT2D eigenvalue weighted by Gasteiger charge is 2.28. The Bertz CT molecular complexity index is 911. The average molecular weight is 363 g/mol. The molecule has 0 bridgehead atoms. The van der Waals surface area contributed by atoms with Crippen LogP contribution in [0.3, 0.4) is 0 Å². The lowest BCUT2D eigenvalue weighted by molar-refractivity contribution is 0.194. The van der Waals surface area contributed by atoms with Crippen LogP contribution >= 0.6 is 0 Å². The standard InChI is InChI=1S/C20H21N5O2/c1-15-19(14-25(23-15)16-6-3-2-4-7-16)22-20(26)24-11-9-18(13-24)27-17-8-5-10-21-12-17/h2-8,10,12,14,18H,9,11,13H2,1H3,(H,22,26). The molecule has 0 radical (unpaired) electrons. The van der Waals surface area contributed by atoms with Crippen molar-refractivity contribution in [3.63, 3.8) is 0 Å². The van der Waals surface area contributed by atoms with Gasteiger partial charge in [-0.05, 0) is 31.2 Å². The van der Waals surface area contributed by atoms with Gasteiger partial charge in [-0.1, -0.05) is 18.2 Å². The van der Waals surface area contributed by atoms with Gasteiger partial charge in [-0.25, -0.2) is 9.48 Å². The van der Waals surface area contributed by atoms with E-state index in [9.17, 15) is 4.79 Å². The number of pyridine rings is 1. The molecule has 4 rings (SSSR count). The smallest absolute Gasteiger partial charge is 0.322 e. The number of ether oxygens (including phenoxy) is 1. The zero-order valence-electron chi connectivity index (χ0n) is 15.1. The SMILES string of the molecule is Cc1nn(-c2ccccc2)cc1NC(=O)N1CCC(Oc2cccnc2)C1. The van der Waals surface area contributed by atoms with E-state index in [2.05, 4.69) is 15.4 Å². The maximum atomic E-state index is 12.6. The minimum absolute atomic E-state index is 0.0203. The predicted octanol–water partition coefficient (Wildman–Crippen LogP) is 3.26. The van der Waals surface area contributed by atoms with Gasteiger partial charge >= 0.3 is 6.03 Å². The third-order valence-electron chi connectivity index (χ3n) is 4.53. The molecule has 1 fully saturated rings. The molecule has 27 heavy (non-hydrogen) atoms. The Labute approximate surface area is 157 Å². The number of amides is 2. The summed E-state index contributed by atoms with van der Waals surface area (Å²) in [5.74, 6) is 0.727. The number of carbonyl (C=O) groups excluding carboxylic acids is 1. The molecule has 2 aromatic heterocycles. The third-order valence-corrected chi connectivity index (χ3v) is 4.53. The van der Waals surface area contributed by atoms with Crippen molar-refractivity contribution in [2.24, 2.45) is 0 Å². The number of benzene rings is 1. The molecule has 3 aromatic rings. The van der Waals surface area contributed by atoms with Crippen LogP contribution in [-0.4, -0.2) is 44.9 Å². The molecule has 0 aliphatic carbocycles. The van der Waals surface area contributed by atoms with Crippen LogP contribution in [0, 0.1) is 6.92 Å². The van der Waals surface area contributed by atoms with Gasteiger partial charge < -0.3 is 15.0 Å². The Balaban J connectivity index is 1.38. The number of urea groups is 1. The molecule has 1 aliphatic heterocycles. The third kappa shape index (κ3) is 3.92. The van der Waals surface area contributed by atoms with Gasteiger partial charge in [-0.2, -0.15) is 5.10 Å². The van der Waals surface area contributed by atoms with Crippen LogP contribution in [-0.2, 0) is 0 Å². The van der Waals surface area contributed by atoms with Gasteiger partial charge in [-0.15, -0.1) is 0 Å². The number of nitrogens with zero attached hydrogens (tertiary/aromatic N) is 4. The minimum atomic E-state index is -0.136. The number of hydrogen-bond donors (Lipinski definition) is 1.